The molecule has 5 nitrogen and oxygen atoms in total. The number of hydrogen-bond acceptors (Lipinski definition) is 4. The number of nitrogens with one attached hydrogen (secondary N) is 1. The molecule has 0 saturated carbocycles. The Bertz CT molecular complexity index is 790. The zero-order chi connectivity index (χ0) is 15.0. The van der Waals surface area contributed by atoms with Crippen LogP contribution >= 0.6 is 0 Å². The lowest BCUT2D eigenvalue weighted by molar-refractivity contribution is 0.796. The van der Waals surface area contributed by atoms with Crippen LogP contribution in [0.15, 0.2) is 30.7 Å². The molecule has 3 aromatic heterocycles. The Labute approximate surface area is 124 Å². The van der Waals surface area contributed by atoms with E-state index in [9.17, 15) is 0 Å². The summed E-state index contributed by atoms with van der Waals surface area (Å²) in [6.45, 7) is 8.25. The van der Waals surface area contributed by atoms with Crippen LogP contribution in [-0.2, 0) is 0 Å². The van der Waals surface area contributed by atoms with E-state index in [1.54, 1.807) is 6.20 Å². The molecule has 0 spiro atoms. The maximum Gasteiger partial charge on any atom is 0.155 e. The third kappa shape index (κ3) is 2.46. The predicted octanol–water partition coefficient (Wildman–Crippen LogP) is 3.22. The highest BCUT2D eigenvalue weighted by Crippen LogP contribution is 2.23. The maximum absolute atomic E-state index is 4.49. The van der Waals surface area contributed by atoms with Gasteiger partial charge in [0.05, 0.1) is 23.6 Å². The second-order valence-electron chi connectivity index (χ2n) is 5.41. The maximum atomic E-state index is 4.49. The van der Waals surface area contributed by atoms with Crippen LogP contribution in [0.25, 0.3) is 5.65 Å². The fourth-order valence-corrected chi connectivity index (χ4v) is 2.53. The van der Waals surface area contributed by atoms with E-state index in [4.69, 9.17) is 0 Å². The van der Waals surface area contributed by atoms with Gasteiger partial charge in [-0.1, -0.05) is 0 Å². The second kappa shape index (κ2) is 5.16. The Morgan fingerprint density at radius 2 is 2.00 bits per heavy atom. The number of fused-ring (bicyclic) bond motifs is 1. The smallest absolute Gasteiger partial charge is 0.155 e. The normalized spacial score (nSPS) is 12.6. The van der Waals surface area contributed by atoms with Crippen molar-refractivity contribution in [2.45, 2.75) is 33.7 Å². The Morgan fingerprint density at radius 1 is 1.19 bits per heavy atom. The average molecular weight is 281 g/mol. The molecule has 0 aliphatic carbocycles. The van der Waals surface area contributed by atoms with Crippen molar-refractivity contribution < 1.29 is 0 Å². The monoisotopic (exact) mass is 281 g/mol. The van der Waals surface area contributed by atoms with Crippen molar-refractivity contribution in [1.29, 1.82) is 0 Å². The van der Waals surface area contributed by atoms with Gasteiger partial charge in [-0.15, -0.1) is 0 Å². The third-order valence-electron chi connectivity index (χ3n) is 3.76. The second-order valence-corrected chi connectivity index (χ2v) is 5.41. The Morgan fingerprint density at radius 3 is 2.76 bits per heavy atom. The zero-order valence-electron chi connectivity index (χ0n) is 12.8. The van der Waals surface area contributed by atoms with Crippen LogP contribution in [0.5, 0.6) is 0 Å². The first-order chi connectivity index (χ1) is 10.1. The Hall–Kier alpha value is -2.43. The fourth-order valence-electron chi connectivity index (χ4n) is 2.53. The SMILES string of the molecule is Cc1cc2ncc(C(C)Nc3cnccc3C)c(C)n2n1. The molecule has 1 unspecified atom stereocenters. The van der Waals surface area contributed by atoms with E-state index in [2.05, 4.69) is 41.2 Å². The van der Waals surface area contributed by atoms with E-state index in [1.807, 2.05) is 36.0 Å². The molecule has 21 heavy (non-hydrogen) atoms. The molecular formula is C16H19N5. The number of nitrogens with zero attached hydrogens (tertiary/aromatic N) is 4. The average Bonchev–Trinajstić information content (AvgIpc) is 2.83. The fraction of sp³-hybridized carbons (Fsp3) is 0.312. The van der Waals surface area contributed by atoms with Gasteiger partial charge in [0.25, 0.3) is 0 Å². The highest BCUT2D eigenvalue weighted by atomic mass is 15.3. The zero-order valence-corrected chi connectivity index (χ0v) is 12.8. The standard InChI is InChI=1S/C16H19N5/c1-10-5-6-17-9-15(10)19-12(3)14-8-18-16-7-11(2)20-21(16)13(14)4/h5-9,12,19H,1-4H3. The molecular weight excluding hydrogens is 262 g/mol. The summed E-state index contributed by atoms with van der Waals surface area (Å²) in [7, 11) is 0. The molecule has 0 saturated heterocycles. The topological polar surface area (TPSA) is 55.1 Å². The van der Waals surface area contributed by atoms with Gasteiger partial charge >= 0.3 is 0 Å². The molecule has 108 valence electrons. The van der Waals surface area contributed by atoms with Gasteiger partial charge in [0.1, 0.15) is 0 Å². The highest BCUT2D eigenvalue weighted by Gasteiger charge is 2.13. The quantitative estimate of drug-likeness (QED) is 0.801. The van der Waals surface area contributed by atoms with Crippen molar-refractivity contribution in [1.82, 2.24) is 19.6 Å². The van der Waals surface area contributed by atoms with E-state index in [-0.39, 0.29) is 6.04 Å². The van der Waals surface area contributed by atoms with Crippen molar-refractivity contribution >= 4 is 11.3 Å². The third-order valence-corrected chi connectivity index (χ3v) is 3.76. The summed E-state index contributed by atoms with van der Waals surface area (Å²) >= 11 is 0. The summed E-state index contributed by atoms with van der Waals surface area (Å²) in [5.41, 5.74) is 6.33. The number of hydrogen-bond donors (Lipinski definition) is 1. The summed E-state index contributed by atoms with van der Waals surface area (Å²) in [6, 6.07) is 4.12. The summed E-state index contributed by atoms with van der Waals surface area (Å²) in [4.78, 5) is 8.67. The van der Waals surface area contributed by atoms with Gasteiger partial charge in [-0.05, 0) is 39.3 Å². The van der Waals surface area contributed by atoms with Gasteiger partial charge in [-0.2, -0.15) is 5.10 Å². The molecule has 0 amide bonds. The van der Waals surface area contributed by atoms with Crippen LogP contribution in [0.4, 0.5) is 5.69 Å². The molecule has 0 bridgehead atoms. The number of aromatic nitrogens is 4. The molecule has 0 fully saturated rings. The lowest BCUT2D eigenvalue weighted by atomic mass is 10.1. The van der Waals surface area contributed by atoms with E-state index < -0.39 is 0 Å². The first kappa shape index (κ1) is 13.5. The predicted molar refractivity (Wildman–Crippen MR) is 83.5 cm³/mol. The van der Waals surface area contributed by atoms with E-state index in [0.717, 1.165) is 28.3 Å². The molecule has 0 aliphatic heterocycles. The first-order valence-electron chi connectivity index (χ1n) is 7.05. The summed E-state index contributed by atoms with van der Waals surface area (Å²) in [5.74, 6) is 0. The molecule has 3 rings (SSSR count). The number of aryl methyl sites for hydroxylation is 3. The van der Waals surface area contributed by atoms with Crippen molar-refractivity contribution in [3.05, 3.63) is 53.2 Å². The molecule has 0 radical (unpaired) electrons. The molecule has 0 aromatic carbocycles. The summed E-state index contributed by atoms with van der Waals surface area (Å²) in [5, 5.41) is 7.99. The molecule has 5 heteroatoms. The highest BCUT2D eigenvalue weighted by molar-refractivity contribution is 5.50. The molecule has 1 atom stereocenters. The van der Waals surface area contributed by atoms with Crippen LogP contribution in [0.2, 0.25) is 0 Å². The lowest BCUT2D eigenvalue weighted by Gasteiger charge is -2.18. The van der Waals surface area contributed by atoms with E-state index >= 15 is 0 Å². The van der Waals surface area contributed by atoms with Crippen LogP contribution < -0.4 is 5.32 Å². The van der Waals surface area contributed by atoms with Gasteiger partial charge in [0.15, 0.2) is 5.65 Å². The molecule has 3 heterocycles. The van der Waals surface area contributed by atoms with Crippen molar-refractivity contribution in [3.8, 4) is 0 Å². The van der Waals surface area contributed by atoms with Gasteiger partial charge in [0, 0.05) is 29.7 Å². The van der Waals surface area contributed by atoms with Crippen molar-refractivity contribution in [2.24, 2.45) is 0 Å². The largest absolute Gasteiger partial charge is 0.377 e. The van der Waals surface area contributed by atoms with Crippen molar-refractivity contribution in [2.75, 3.05) is 5.32 Å². The number of rotatable bonds is 3. The van der Waals surface area contributed by atoms with Crippen LogP contribution in [0.1, 0.15) is 35.5 Å². The number of anilines is 1. The molecule has 3 aromatic rings. The minimum atomic E-state index is 0.134. The summed E-state index contributed by atoms with van der Waals surface area (Å²) < 4.78 is 1.90. The van der Waals surface area contributed by atoms with Crippen LogP contribution in [0, 0.1) is 20.8 Å². The van der Waals surface area contributed by atoms with Crippen LogP contribution in [0.3, 0.4) is 0 Å². The van der Waals surface area contributed by atoms with Gasteiger partial charge in [-0.3, -0.25) is 4.98 Å². The van der Waals surface area contributed by atoms with Crippen LogP contribution in [-0.4, -0.2) is 19.6 Å². The van der Waals surface area contributed by atoms with Gasteiger partial charge in [0.2, 0.25) is 0 Å². The van der Waals surface area contributed by atoms with E-state index in [0.29, 0.717) is 0 Å². The van der Waals surface area contributed by atoms with Gasteiger partial charge < -0.3 is 5.32 Å². The number of pyridine rings is 1. The summed E-state index contributed by atoms with van der Waals surface area (Å²) in [6.07, 6.45) is 5.58. The van der Waals surface area contributed by atoms with E-state index in [1.165, 1.54) is 5.56 Å². The first-order valence-corrected chi connectivity index (χ1v) is 7.05. The lowest BCUT2D eigenvalue weighted by Crippen LogP contribution is -2.12. The molecule has 0 aliphatic rings. The molecule has 1 N–H and O–H groups in total. The Balaban J connectivity index is 1.96. The Kier molecular flexibility index (Phi) is 3.33. The van der Waals surface area contributed by atoms with Crippen molar-refractivity contribution in [3.63, 3.8) is 0 Å². The minimum absolute atomic E-state index is 0.134. The van der Waals surface area contributed by atoms with Gasteiger partial charge in [-0.25, -0.2) is 9.50 Å². The minimum Gasteiger partial charge on any atom is -0.377 e.